The van der Waals surface area contributed by atoms with Crippen molar-refractivity contribution in [2.24, 2.45) is 0 Å². The van der Waals surface area contributed by atoms with Gasteiger partial charge >= 0.3 is 0 Å². The minimum atomic E-state index is 0.0623. The summed E-state index contributed by atoms with van der Waals surface area (Å²) in [7, 11) is 2.15. The lowest BCUT2D eigenvalue weighted by molar-refractivity contribution is -0.122. The Labute approximate surface area is 142 Å². The van der Waals surface area contributed by atoms with Crippen molar-refractivity contribution in [2.45, 2.75) is 39.3 Å². The van der Waals surface area contributed by atoms with E-state index in [1.807, 2.05) is 32.0 Å². The topological polar surface area (TPSA) is 37.3 Å². The maximum atomic E-state index is 12.3. The number of nitrogens with zero attached hydrogens (tertiary/aromatic N) is 2. The quantitative estimate of drug-likeness (QED) is 0.937. The molecule has 1 N–H and O–H groups in total. The summed E-state index contributed by atoms with van der Waals surface area (Å²) in [5.74, 6) is 0.0623. The Morgan fingerprint density at radius 3 is 2.78 bits per heavy atom. The third-order valence-electron chi connectivity index (χ3n) is 4.47. The molecular formula is C18H24ClN3O. The van der Waals surface area contributed by atoms with Gasteiger partial charge in [-0.25, -0.2) is 0 Å². The number of hydrogen-bond acceptors (Lipinski definition) is 2. The largest absolute Gasteiger partial charge is 0.352 e. The Hall–Kier alpha value is -1.52. The zero-order chi connectivity index (χ0) is 16.6. The number of halogens is 1. The minimum absolute atomic E-state index is 0.0623. The van der Waals surface area contributed by atoms with E-state index in [0.717, 1.165) is 36.5 Å². The van der Waals surface area contributed by atoms with Crippen molar-refractivity contribution < 1.29 is 4.79 Å². The lowest BCUT2D eigenvalue weighted by Gasteiger charge is -2.15. The molecule has 23 heavy (non-hydrogen) atoms. The standard InChI is InChI=1S/C18H24ClN3O/c1-12(2)20-18(23)11-22-16-5-4-13(19)10-15(16)14-6-8-21(3)9-7-17(14)22/h4-5,10,12H,6-9,11H2,1-3H3,(H,20,23). The first kappa shape index (κ1) is 16.3. The lowest BCUT2D eigenvalue weighted by atomic mass is 10.1. The summed E-state index contributed by atoms with van der Waals surface area (Å²) in [6.45, 7) is 6.40. The van der Waals surface area contributed by atoms with Crippen molar-refractivity contribution in [2.75, 3.05) is 20.1 Å². The highest BCUT2D eigenvalue weighted by molar-refractivity contribution is 6.31. The Morgan fingerprint density at radius 2 is 2.04 bits per heavy atom. The van der Waals surface area contributed by atoms with Crippen molar-refractivity contribution in [3.8, 4) is 0 Å². The molecule has 124 valence electrons. The molecule has 0 unspecified atom stereocenters. The first-order chi connectivity index (χ1) is 11.0. The van der Waals surface area contributed by atoms with Gasteiger partial charge in [0.15, 0.2) is 0 Å². The molecule has 5 heteroatoms. The molecule has 0 aliphatic carbocycles. The molecule has 2 aromatic rings. The van der Waals surface area contributed by atoms with Crippen molar-refractivity contribution in [1.29, 1.82) is 0 Å². The van der Waals surface area contributed by atoms with Crippen LogP contribution in [0.5, 0.6) is 0 Å². The minimum Gasteiger partial charge on any atom is -0.352 e. The smallest absolute Gasteiger partial charge is 0.240 e. The second-order valence-corrected chi connectivity index (χ2v) is 7.13. The summed E-state index contributed by atoms with van der Waals surface area (Å²) in [4.78, 5) is 14.6. The van der Waals surface area contributed by atoms with Crippen LogP contribution in [-0.2, 0) is 24.2 Å². The Bertz CT molecular complexity index is 735. The molecule has 0 saturated carbocycles. The van der Waals surface area contributed by atoms with Crippen LogP contribution in [0, 0.1) is 0 Å². The lowest BCUT2D eigenvalue weighted by Crippen LogP contribution is -2.33. The molecule has 1 aromatic carbocycles. The summed E-state index contributed by atoms with van der Waals surface area (Å²) in [5, 5.41) is 4.94. The highest BCUT2D eigenvalue weighted by atomic mass is 35.5. The molecule has 1 amide bonds. The molecule has 1 aliphatic heterocycles. The number of fused-ring (bicyclic) bond motifs is 3. The number of nitrogens with one attached hydrogen (secondary N) is 1. The van der Waals surface area contributed by atoms with Crippen molar-refractivity contribution in [1.82, 2.24) is 14.8 Å². The molecule has 0 fully saturated rings. The fourth-order valence-electron chi connectivity index (χ4n) is 3.42. The van der Waals surface area contributed by atoms with Crippen LogP contribution in [0.15, 0.2) is 18.2 Å². The summed E-state index contributed by atoms with van der Waals surface area (Å²) in [6.07, 6.45) is 1.97. The van der Waals surface area contributed by atoms with E-state index in [2.05, 4.69) is 21.8 Å². The molecule has 3 rings (SSSR count). The molecule has 2 heterocycles. The van der Waals surface area contributed by atoms with Crippen LogP contribution in [-0.4, -0.2) is 41.6 Å². The average molecular weight is 334 g/mol. The number of likely N-dealkylation sites (N-methyl/N-ethyl adjacent to an activating group) is 1. The zero-order valence-electron chi connectivity index (χ0n) is 14.0. The summed E-state index contributed by atoms with van der Waals surface area (Å²) < 4.78 is 2.18. The van der Waals surface area contributed by atoms with E-state index >= 15 is 0 Å². The highest BCUT2D eigenvalue weighted by Crippen LogP contribution is 2.31. The van der Waals surface area contributed by atoms with Gasteiger partial charge in [0.05, 0.1) is 0 Å². The van der Waals surface area contributed by atoms with Gasteiger partial charge in [-0.15, -0.1) is 0 Å². The van der Waals surface area contributed by atoms with E-state index in [4.69, 9.17) is 11.6 Å². The van der Waals surface area contributed by atoms with Crippen LogP contribution < -0.4 is 5.32 Å². The Kier molecular flexibility index (Phi) is 4.64. The van der Waals surface area contributed by atoms with Crippen LogP contribution in [0.3, 0.4) is 0 Å². The van der Waals surface area contributed by atoms with Gasteiger partial charge in [0.2, 0.25) is 5.91 Å². The van der Waals surface area contributed by atoms with Gasteiger partial charge < -0.3 is 14.8 Å². The number of hydrogen-bond donors (Lipinski definition) is 1. The van der Waals surface area contributed by atoms with Crippen LogP contribution in [0.1, 0.15) is 25.1 Å². The number of carbonyl (C=O) groups excluding carboxylic acids is 1. The average Bonchev–Trinajstić information content (AvgIpc) is 2.61. The van der Waals surface area contributed by atoms with Crippen molar-refractivity contribution >= 4 is 28.4 Å². The molecule has 0 atom stereocenters. The van der Waals surface area contributed by atoms with E-state index in [9.17, 15) is 4.79 Å². The fraction of sp³-hybridized carbons (Fsp3) is 0.500. The fourth-order valence-corrected chi connectivity index (χ4v) is 3.59. The molecule has 0 radical (unpaired) electrons. The normalized spacial score (nSPS) is 15.7. The van der Waals surface area contributed by atoms with E-state index in [1.165, 1.54) is 16.6 Å². The molecule has 0 saturated heterocycles. The van der Waals surface area contributed by atoms with Gasteiger partial charge in [0.1, 0.15) is 6.54 Å². The molecule has 0 spiro atoms. The second kappa shape index (κ2) is 6.54. The number of carbonyl (C=O) groups is 1. The third-order valence-corrected chi connectivity index (χ3v) is 4.71. The molecule has 1 aromatic heterocycles. The summed E-state index contributed by atoms with van der Waals surface area (Å²) in [5.41, 5.74) is 3.75. The number of aromatic nitrogens is 1. The monoisotopic (exact) mass is 333 g/mol. The summed E-state index contributed by atoms with van der Waals surface area (Å²) in [6, 6.07) is 6.14. The predicted octanol–water partition coefficient (Wildman–Crippen LogP) is 2.85. The first-order valence-electron chi connectivity index (χ1n) is 8.23. The first-order valence-corrected chi connectivity index (χ1v) is 8.61. The van der Waals surface area contributed by atoms with Gasteiger partial charge in [-0.3, -0.25) is 4.79 Å². The van der Waals surface area contributed by atoms with Gasteiger partial charge in [-0.2, -0.15) is 0 Å². The molecular weight excluding hydrogens is 310 g/mol. The molecule has 0 bridgehead atoms. The second-order valence-electron chi connectivity index (χ2n) is 6.70. The maximum Gasteiger partial charge on any atom is 0.240 e. The van der Waals surface area contributed by atoms with Gasteiger partial charge in [0.25, 0.3) is 0 Å². The van der Waals surface area contributed by atoms with Crippen LogP contribution in [0.2, 0.25) is 5.02 Å². The highest BCUT2D eigenvalue weighted by Gasteiger charge is 2.22. The van der Waals surface area contributed by atoms with Crippen LogP contribution in [0.25, 0.3) is 10.9 Å². The van der Waals surface area contributed by atoms with Crippen LogP contribution in [0.4, 0.5) is 0 Å². The Balaban J connectivity index is 2.07. The van der Waals surface area contributed by atoms with E-state index < -0.39 is 0 Å². The summed E-state index contributed by atoms with van der Waals surface area (Å²) >= 11 is 6.22. The maximum absolute atomic E-state index is 12.3. The van der Waals surface area contributed by atoms with Gasteiger partial charge in [-0.1, -0.05) is 11.6 Å². The van der Waals surface area contributed by atoms with Gasteiger partial charge in [-0.05, 0) is 51.1 Å². The number of rotatable bonds is 3. The van der Waals surface area contributed by atoms with Gasteiger partial charge in [0, 0.05) is 47.2 Å². The third kappa shape index (κ3) is 3.38. The van der Waals surface area contributed by atoms with Crippen LogP contribution >= 0.6 is 11.6 Å². The Morgan fingerprint density at radius 1 is 1.30 bits per heavy atom. The van der Waals surface area contributed by atoms with E-state index in [-0.39, 0.29) is 11.9 Å². The molecule has 1 aliphatic rings. The number of benzene rings is 1. The van der Waals surface area contributed by atoms with Crippen molar-refractivity contribution in [3.63, 3.8) is 0 Å². The SMILES string of the molecule is CC(C)NC(=O)Cn1c2c(c3cc(Cl)ccc31)CCN(C)CC2. The predicted molar refractivity (Wildman–Crippen MR) is 95.1 cm³/mol. The molecule has 4 nitrogen and oxygen atoms in total. The number of amides is 1. The van der Waals surface area contributed by atoms with E-state index in [1.54, 1.807) is 0 Å². The van der Waals surface area contributed by atoms with E-state index in [0.29, 0.717) is 6.54 Å². The zero-order valence-corrected chi connectivity index (χ0v) is 14.8. The van der Waals surface area contributed by atoms with Crippen molar-refractivity contribution in [3.05, 3.63) is 34.5 Å².